The molecule has 3 rings (SSSR count). The van der Waals surface area contributed by atoms with E-state index in [0.29, 0.717) is 5.75 Å². The molecule has 0 saturated carbocycles. The summed E-state index contributed by atoms with van der Waals surface area (Å²) in [5.41, 5.74) is 2.82. The topological polar surface area (TPSA) is 38.3 Å². The first-order valence-corrected chi connectivity index (χ1v) is 9.66. The second-order valence-corrected chi connectivity index (χ2v) is 6.72. The summed E-state index contributed by atoms with van der Waals surface area (Å²) >= 11 is 1.67. The molecule has 0 heterocycles. The van der Waals surface area contributed by atoms with Gasteiger partial charge in [-0.05, 0) is 49.1 Å². The molecule has 0 spiro atoms. The average Bonchev–Trinajstić information content (AvgIpc) is 2.69. The van der Waals surface area contributed by atoms with Crippen LogP contribution in [0.4, 0.5) is 5.69 Å². The molecule has 0 radical (unpaired) electrons. The van der Waals surface area contributed by atoms with E-state index >= 15 is 0 Å². The van der Waals surface area contributed by atoms with Crippen LogP contribution in [-0.2, 0) is 4.79 Å². The number of amides is 1. The van der Waals surface area contributed by atoms with E-state index in [1.54, 1.807) is 18.7 Å². The van der Waals surface area contributed by atoms with Crippen molar-refractivity contribution in [3.05, 3.63) is 78.9 Å². The van der Waals surface area contributed by atoms with E-state index in [2.05, 4.69) is 5.32 Å². The summed E-state index contributed by atoms with van der Waals surface area (Å²) < 4.78 is 5.77. The largest absolute Gasteiger partial charge is 0.481 e. The lowest BCUT2D eigenvalue weighted by Crippen LogP contribution is -2.30. The highest BCUT2D eigenvalue weighted by atomic mass is 32.2. The molecule has 1 atom stereocenters. The van der Waals surface area contributed by atoms with Gasteiger partial charge in [0.25, 0.3) is 5.91 Å². The third-order valence-corrected chi connectivity index (χ3v) is 4.75. The predicted molar refractivity (Wildman–Crippen MR) is 109 cm³/mol. The average molecular weight is 363 g/mol. The van der Waals surface area contributed by atoms with Crippen LogP contribution < -0.4 is 10.1 Å². The molecule has 0 saturated heterocycles. The highest BCUT2D eigenvalue weighted by Crippen LogP contribution is 2.28. The molecular formula is C22H21NO2S. The molecule has 0 bridgehead atoms. The molecule has 1 N–H and O–H groups in total. The second kappa shape index (κ2) is 8.59. The summed E-state index contributed by atoms with van der Waals surface area (Å²) in [6.07, 6.45) is 1.43. The SMILES string of the molecule is CSc1ccc(OC(C)C(=O)Nc2ccccc2-c2ccccc2)cc1. The fourth-order valence-electron chi connectivity index (χ4n) is 2.61. The highest BCUT2D eigenvalue weighted by Gasteiger charge is 2.16. The van der Waals surface area contributed by atoms with Crippen molar-refractivity contribution in [2.75, 3.05) is 11.6 Å². The number of para-hydroxylation sites is 1. The van der Waals surface area contributed by atoms with Crippen LogP contribution in [0.1, 0.15) is 6.92 Å². The Hall–Kier alpha value is -2.72. The smallest absolute Gasteiger partial charge is 0.265 e. The number of hydrogen-bond donors (Lipinski definition) is 1. The monoisotopic (exact) mass is 363 g/mol. The third kappa shape index (κ3) is 4.46. The van der Waals surface area contributed by atoms with Crippen LogP contribution in [0.5, 0.6) is 5.75 Å². The first kappa shape index (κ1) is 18.1. The Morgan fingerprint density at radius 1 is 0.923 bits per heavy atom. The van der Waals surface area contributed by atoms with Crippen molar-refractivity contribution in [2.45, 2.75) is 17.9 Å². The van der Waals surface area contributed by atoms with Crippen molar-refractivity contribution in [3.8, 4) is 16.9 Å². The van der Waals surface area contributed by atoms with Crippen molar-refractivity contribution >= 4 is 23.4 Å². The molecule has 1 amide bonds. The standard InChI is InChI=1S/C22H21NO2S/c1-16(25-18-12-14-19(26-2)15-13-18)22(24)23-21-11-7-6-10-20(21)17-8-4-3-5-9-17/h3-16H,1-2H3,(H,23,24). The van der Waals surface area contributed by atoms with Gasteiger partial charge in [-0.2, -0.15) is 0 Å². The maximum absolute atomic E-state index is 12.6. The van der Waals surface area contributed by atoms with Crippen LogP contribution in [0.25, 0.3) is 11.1 Å². The minimum Gasteiger partial charge on any atom is -0.481 e. The Morgan fingerprint density at radius 3 is 2.27 bits per heavy atom. The lowest BCUT2D eigenvalue weighted by molar-refractivity contribution is -0.122. The number of carbonyl (C=O) groups is 1. The molecule has 3 aromatic rings. The van der Waals surface area contributed by atoms with Gasteiger partial charge in [-0.1, -0.05) is 48.5 Å². The Morgan fingerprint density at radius 2 is 1.58 bits per heavy atom. The number of hydrogen-bond acceptors (Lipinski definition) is 3. The number of benzene rings is 3. The molecule has 4 heteroatoms. The first-order chi connectivity index (χ1) is 12.7. The summed E-state index contributed by atoms with van der Waals surface area (Å²) in [7, 11) is 0. The summed E-state index contributed by atoms with van der Waals surface area (Å²) in [5, 5.41) is 2.98. The van der Waals surface area contributed by atoms with Crippen LogP contribution >= 0.6 is 11.8 Å². The highest BCUT2D eigenvalue weighted by molar-refractivity contribution is 7.98. The Bertz CT molecular complexity index is 863. The van der Waals surface area contributed by atoms with Gasteiger partial charge >= 0.3 is 0 Å². The second-order valence-electron chi connectivity index (χ2n) is 5.84. The van der Waals surface area contributed by atoms with E-state index in [9.17, 15) is 4.79 Å². The molecule has 0 aliphatic heterocycles. The fourth-order valence-corrected chi connectivity index (χ4v) is 3.02. The van der Waals surface area contributed by atoms with Gasteiger partial charge in [-0.25, -0.2) is 0 Å². The van der Waals surface area contributed by atoms with Gasteiger partial charge in [0.05, 0.1) is 0 Å². The normalized spacial score (nSPS) is 11.6. The Kier molecular flexibility index (Phi) is 5.97. The van der Waals surface area contributed by atoms with Crippen LogP contribution in [0, 0.1) is 0 Å². The van der Waals surface area contributed by atoms with Gasteiger partial charge < -0.3 is 10.1 Å². The summed E-state index contributed by atoms with van der Waals surface area (Å²) in [4.78, 5) is 13.7. The maximum atomic E-state index is 12.6. The number of ether oxygens (including phenoxy) is 1. The number of rotatable bonds is 6. The lowest BCUT2D eigenvalue weighted by atomic mass is 10.0. The molecule has 26 heavy (non-hydrogen) atoms. The summed E-state index contributed by atoms with van der Waals surface area (Å²) in [6.45, 7) is 1.75. The van der Waals surface area contributed by atoms with Crippen molar-refractivity contribution in [2.24, 2.45) is 0 Å². The van der Waals surface area contributed by atoms with Crippen molar-refractivity contribution in [1.82, 2.24) is 0 Å². The molecule has 0 aromatic heterocycles. The summed E-state index contributed by atoms with van der Waals surface area (Å²) in [5.74, 6) is 0.504. The van der Waals surface area contributed by atoms with Gasteiger partial charge in [-0.3, -0.25) is 4.79 Å². The molecule has 1 unspecified atom stereocenters. The van der Waals surface area contributed by atoms with Gasteiger partial charge in [0, 0.05) is 16.1 Å². The van der Waals surface area contributed by atoms with E-state index in [1.807, 2.05) is 85.1 Å². The van der Waals surface area contributed by atoms with Crippen LogP contribution in [-0.4, -0.2) is 18.3 Å². The molecular weight excluding hydrogens is 342 g/mol. The zero-order chi connectivity index (χ0) is 18.4. The van der Waals surface area contributed by atoms with Crippen LogP contribution in [0.3, 0.4) is 0 Å². The van der Waals surface area contributed by atoms with Crippen LogP contribution in [0.2, 0.25) is 0 Å². The number of anilines is 1. The van der Waals surface area contributed by atoms with E-state index < -0.39 is 6.10 Å². The minimum atomic E-state index is -0.598. The van der Waals surface area contributed by atoms with Crippen molar-refractivity contribution < 1.29 is 9.53 Å². The lowest BCUT2D eigenvalue weighted by Gasteiger charge is -2.17. The number of carbonyl (C=O) groups excluding carboxylic acids is 1. The van der Waals surface area contributed by atoms with Gasteiger partial charge in [-0.15, -0.1) is 11.8 Å². The minimum absolute atomic E-state index is 0.178. The molecule has 0 aliphatic rings. The predicted octanol–water partition coefficient (Wildman–Crippen LogP) is 5.48. The maximum Gasteiger partial charge on any atom is 0.265 e. The van der Waals surface area contributed by atoms with Gasteiger partial charge in [0.1, 0.15) is 5.75 Å². The van der Waals surface area contributed by atoms with E-state index in [-0.39, 0.29) is 5.91 Å². The number of thioether (sulfide) groups is 1. The first-order valence-electron chi connectivity index (χ1n) is 8.43. The molecule has 0 aliphatic carbocycles. The van der Waals surface area contributed by atoms with Crippen LogP contribution in [0.15, 0.2) is 83.8 Å². The molecule has 0 fully saturated rings. The fraction of sp³-hybridized carbons (Fsp3) is 0.136. The van der Waals surface area contributed by atoms with E-state index in [4.69, 9.17) is 4.74 Å². The third-order valence-electron chi connectivity index (χ3n) is 4.01. The Labute approximate surface area is 158 Å². The Balaban J connectivity index is 1.71. The zero-order valence-corrected chi connectivity index (χ0v) is 15.6. The zero-order valence-electron chi connectivity index (χ0n) is 14.8. The quantitative estimate of drug-likeness (QED) is 0.589. The van der Waals surface area contributed by atoms with E-state index in [0.717, 1.165) is 21.7 Å². The van der Waals surface area contributed by atoms with Gasteiger partial charge in [0.15, 0.2) is 6.10 Å². The van der Waals surface area contributed by atoms with Gasteiger partial charge in [0.2, 0.25) is 0 Å². The van der Waals surface area contributed by atoms with Crippen molar-refractivity contribution in [3.63, 3.8) is 0 Å². The molecule has 3 nitrogen and oxygen atoms in total. The molecule has 3 aromatic carbocycles. The number of nitrogens with one attached hydrogen (secondary N) is 1. The van der Waals surface area contributed by atoms with E-state index in [1.165, 1.54) is 0 Å². The van der Waals surface area contributed by atoms with Crippen molar-refractivity contribution in [1.29, 1.82) is 0 Å². The summed E-state index contributed by atoms with van der Waals surface area (Å²) in [6, 6.07) is 25.5. The molecule has 132 valence electrons.